The van der Waals surface area contributed by atoms with Gasteiger partial charge in [-0.3, -0.25) is 0 Å². The highest BCUT2D eigenvalue weighted by Gasteiger charge is 2.14. The van der Waals surface area contributed by atoms with E-state index in [4.69, 9.17) is 5.73 Å². The van der Waals surface area contributed by atoms with Gasteiger partial charge in [-0.05, 0) is 6.26 Å². The van der Waals surface area contributed by atoms with Crippen LogP contribution in [0.15, 0.2) is 5.16 Å². The van der Waals surface area contributed by atoms with Gasteiger partial charge in [0.15, 0.2) is 5.82 Å². The summed E-state index contributed by atoms with van der Waals surface area (Å²) in [5.41, 5.74) is 5.39. The molecule has 13 heavy (non-hydrogen) atoms. The van der Waals surface area contributed by atoms with Gasteiger partial charge < -0.3 is 10.5 Å². The van der Waals surface area contributed by atoms with Crippen molar-refractivity contribution in [1.82, 2.24) is 15.2 Å². The summed E-state index contributed by atoms with van der Waals surface area (Å²) in [4.78, 5) is 14.8. The van der Waals surface area contributed by atoms with Gasteiger partial charge in [-0.1, -0.05) is 11.8 Å². The molecule has 0 aromatic carbocycles. The SMILES string of the molecule is COC(=O)c1nnc(SC)nc1N. The van der Waals surface area contributed by atoms with Crippen molar-refractivity contribution < 1.29 is 9.53 Å². The Morgan fingerprint density at radius 3 is 2.69 bits per heavy atom. The van der Waals surface area contributed by atoms with Crippen molar-refractivity contribution in [2.24, 2.45) is 0 Å². The number of hydrogen-bond acceptors (Lipinski definition) is 7. The largest absolute Gasteiger partial charge is 0.464 e. The minimum Gasteiger partial charge on any atom is -0.464 e. The molecule has 6 nitrogen and oxygen atoms in total. The Kier molecular flexibility index (Phi) is 3.02. The van der Waals surface area contributed by atoms with Crippen LogP contribution in [0.2, 0.25) is 0 Å². The molecule has 0 aliphatic carbocycles. The number of methoxy groups -OCH3 is 1. The number of hydrogen-bond donors (Lipinski definition) is 1. The van der Waals surface area contributed by atoms with E-state index in [0.29, 0.717) is 5.16 Å². The van der Waals surface area contributed by atoms with Crippen molar-refractivity contribution in [3.8, 4) is 0 Å². The van der Waals surface area contributed by atoms with Crippen LogP contribution < -0.4 is 5.73 Å². The molecule has 0 amide bonds. The van der Waals surface area contributed by atoms with Crippen molar-refractivity contribution in [3.05, 3.63) is 5.69 Å². The van der Waals surface area contributed by atoms with E-state index in [1.165, 1.54) is 18.9 Å². The van der Waals surface area contributed by atoms with Gasteiger partial charge in [0.05, 0.1) is 7.11 Å². The third-order valence-electron chi connectivity index (χ3n) is 1.26. The van der Waals surface area contributed by atoms with E-state index in [1.54, 1.807) is 6.26 Å². The fourth-order valence-electron chi connectivity index (χ4n) is 0.651. The summed E-state index contributed by atoms with van der Waals surface area (Å²) >= 11 is 1.29. The smallest absolute Gasteiger partial charge is 0.362 e. The lowest BCUT2D eigenvalue weighted by molar-refractivity contribution is 0.0593. The van der Waals surface area contributed by atoms with Crippen molar-refractivity contribution in [2.75, 3.05) is 19.1 Å². The van der Waals surface area contributed by atoms with Gasteiger partial charge in [0.25, 0.3) is 0 Å². The summed E-state index contributed by atoms with van der Waals surface area (Å²) in [6.45, 7) is 0. The first kappa shape index (κ1) is 9.72. The van der Waals surface area contributed by atoms with Crippen LogP contribution in [0.3, 0.4) is 0 Å². The van der Waals surface area contributed by atoms with Gasteiger partial charge in [0.1, 0.15) is 0 Å². The molecule has 0 aliphatic rings. The molecule has 2 N–H and O–H groups in total. The maximum atomic E-state index is 11.0. The average molecular weight is 200 g/mol. The van der Waals surface area contributed by atoms with E-state index in [-0.39, 0.29) is 11.5 Å². The van der Waals surface area contributed by atoms with Gasteiger partial charge in [-0.15, -0.1) is 10.2 Å². The number of aromatic nitrogens is 3. The normalized spacial score (nSPS) is 9.69. The maximum absolute atomic E-state index is 11.0. The first-order valence-electron chi connectivity index (χ1n) is 3.31. The molecule has 0 bridgehead atoms. The number of carbonyl (C=O) groups is 1. The second kappa shape index (κ2) is 4.04. The van der Waals surface area contributed by atoms with Crippen LogP contribution in [-0.2, 0) is 4.74 Å². The van der Waals surface area contributed by atoms with Crippen molar-refractivity contribution >= 4 is 23.5 Å². The van der Waals surface area contributed by atoms with Gasteiger partial charge in [-0.2, -0.15) is 0 Å². The predicted molar refractivity (Wildman–Crippen MR) is 47.4 cm³/mol. The highest BCUT2D eigenvalue weighted by molar-refractivity contribution is 7.98. The molecular formula is C6H8N4O2S. The quantitative estimate of drug-likeness (QED) is 0.529. The monoisotopic (exact) mass is 200 g/mol. The molecule has 7 heteroatoms. The number of carbonyl (C=O) groups excluding carboxylic acids is 1. The molecule has 0 spiro atoms. The van der Waals surface area contributed by atoms with E-state index in [9.17, 15) is 4.79 Å². The number of rotatable bonds is 2. The summed E-state index contributed by atoms with van der Waals surface area (Å²) in [7, 11) is 1.24. The third kappa shape index (κ3) is 2.05. The highest BCUT2D eigenvalue weighted by atomic mass is 32.2. The number of nitrogens with two attached hydrogens (primary N) is 1. The van der Waals surface area contributed by atoms with Gasteiger partial charge >= 0.3 is 5.97 Å². The molecule has 1 aromatic heterocycles. The van der Waals surface area contributed by atoms with Crippen LogP contribution in [0.5, 0.6) is 0 Å². The number of anilines is 1. The molecule has 0 radical (unpaired) electrons. The van der Waals surface area contributed by atoms with Crippen LogP contribution in [0, 0.1) is 0 Å². The summed E-state index contributed by atoms with van der Waals surface area (Å²) in [5, 5.41) is 7.66. The molecule has 70 valence electrons. The Balaban J connectivity index is 3.05. The third-order valence-corrected chi connectivity index (χ3v) is 1.79. The van der Waals surface area contributed by atoms with E-state index in [0.717, 1.165) is 0 Å². The zero-order valence-electron chi connectivity index (χ0n) is 7.14. The summed E-state index contributed by atoms with van der Waals surface area (Å²) in [6.07, 6.45) is 1.79. The topological polar surface area (TPSA) is 91.0 Å². The molecule has 0 unspecified atom stereocenters. The van der Waals surface area contributed by atoms with Crippen LogP contribution in [0.25, 0.3) is 0 Å². The second-order valence-electron chi connectivity index (χ2n) is 2.02. The van der Waals surface area contributed by atoms with Gasteiger partial charge in [0, 0.05) is 0 Å². The van der Waals surface area contributed by atoms with E-state index in [2.05, 4.69) is 19.9 Å². The number of esters is 1. The standard InChI is InChI=1S/C6H8N4O2S/c1-12-5(11)3-4(7)8-6(13-2)10-9-3/h1-2H3,(H2,7,8,10). The molecule has 0 aliphatic heterocycles. The number of nitrogen functional groups attached to an aromatic ring is 1. The van der Waals surface area contributed by atoms with Crippen LogP contribution in [-0.4, -0.2) is 34.5 Å². The zero-order valence-corrected chi connectivity index (χ0v) is 7.96. The molecule has 1 aromatic rings. The minimum absolute atomic E-state index is 0.0335. The fraction of sp³-hybridized carbons (Fsp3) is 0.333. The Morgan fingerprint density at radius 1 is 1.54 bits per heavy atom. The zero-order chi connectivity index (χ0) is 9.84. The summed E-state index contributed by atoms with van der Waals surface area (Å²) in [6, 6.07) is 0. The van der Waals surface area contributed by atoms with Crippen molar-refractivity contribution in [3.63, 3.8) is 0 Å². The number of thioether (sulfide) groups is 1. The molecule has 0 saturated heterocycles. The Labute approximate surface area is 78.9 Å². The van der Waals surface area contributed by atoms with Gasteiger partial charge in [0.2, 0.25) is 10.9 Å². The van der Waals surface area contributed by atoms with Crippen LogP contribution >= 0.6 is 11.8 Å². The first-order chi connectivity index (χ1) is 6.19. The molecule has 0 fully saturated rings. The Hall–Kier alpha value is -1.37. The van der Waals surface area contributed by atoms with Crippen molar-refractivity contribution in [2.45, 2.75) is 5.16 Å². The second-order valence-corrected chi connectivity index (χ2v) is 2.80. The summed E-state index contributed by atoms with van der Waals surface area (Å²) in [5.74, 6) is -0.601. The molecule has 1 rings (SSSR count). The molecular weight excluding hydrogens is 192 g/mol. The lowest BCUT2D eigenvalue weighted by Crippen LogP contribution is -2.12. The number of ether oxygens (including phenoxy) is 1. The molecule has 1 heterocycles. The average Bonchev–Trinajstić information content (AvgIpc) is 2.16. The van der Waals surface area contributed by atoms with Crippen LogP contribution in [0.1, 0.15) is 10.5 Å². The first-order valence-corrected chi connectivity index (χ1v) is 4.54. The van der Waals surface area contributed by atoms with E-state index < -0.39 is 5.97 Å². The Bertz CT molecular complexity index is 330. The summed E-state index contributed by atoms with van der Waals surface area (Å²) < 4.78 is 4.42. The minimum atomic E-state index is -0.634. The lowest BCUT2D eigenvalue weighted by atomic mass is 10.4. The lowest BCUT2D eigenvalue weighted by Gasteiger charge is -2.00. The van der Waals surface area contributed by atoms with E-state index in [1.807, 2.05) is 0 Å². The highest BCUT2D eigenvalue weighted by Crippen LogP contribution is 2.11. The molecule has 0 atom stereocenters. The fourth-order valence-corrected chi connectivity index (χ4v) is 0.963. The predicted octanol–water partition coefficient (Wildman–Crippen LogP) is -0.0377. The molecule has 0 saturated carbocycles. The van der Waals surface area contributed by atoms with Gasteiger partial charge in [-0.25, -0.2) is 9.78 Å². The van der Waals surface area contributed by atoms with Crippen LogP contribution in [0.4, 0.5) is 5.82 Å². The maximum Gasteiger partial charge on any atom is 0.362 e. The number of nitrogens with zero attached hydrogens (tertiary/aromatic N) is 3. The van der Waals surface area contributed by atoms with E-state index >= 15 is 0 Å². The Morgan fingerprint density at radius 2 is 2.23 bits per heavy atom. The van der Waals surface area contributed by atoms with Crippen molar-refractivity contribution in [1.29, 1.82) is 0 Å².